The largest absolute Gasteiger partial charge is 0.369 e. The minimum atomic E-state index is -0.215. The highest BCUT2D eigenvalue weighted by Crippen LogP contribution is 2.54. The summed E-state index contributed by atoms with van der Waals surface area (Å²) in [7, 11) is 0. The zero-order valence-corrected chi connectivity index (χ0v) is 18.5. The van der Waals surface area contributed by atoms with E-state index in [2.05, 4.69) is 127 Å². The Morgan fingerprint density at radius 3 is 1.94 bits per heavy atom. The second kappa shape index (κ2) is 8.35. The van der Waals surface area contributed by atoms with Crippen LogP contribution in [-0.4, -0.2) is 0 Å². The molecule has 5 aromatic carbocycles. The maximum absolute atomic E-state index is 6.66. The third-order valence-corrected chi connectivity index (χ3v) is 7.06. The second-order valence-corrected chi connectivity index (χ2v) is 8.91. The fraction of sp³-hybridized carbons (Fsp3) is 0.125. The molecule has 0 N–H and O–H groups in total. The summed E-state index contributed by atoms with van der Waals surface area (Å²) in [6.45, 7) is 0.601. The number of hydrogen-bond donors (Lipinski definition) is 0. The van der Waals surface area contributed by atoms with E-state index >= 15 is 0 Å². The molecule has 160 valence electrons. The van der Waals surface area contributed by atoms with Crippen LogP contribution in [0.5, 0.6) is 0 Å². The molecule has 1 nitrogen and oxygen atoms in total. The molecular formula is C32H26O. The van der Waals surface area contributed by atoms with E-state index < -0.39 is 0 Å². The molecule has 1 heteroatoms. The molecule has 0 saturated carbocycles. The molecule has 6 rings (SSSR count). The van der Waals surface area contributed by atoms with Gasteiger partial charge in [0.15, 0.2) is 0 Å². The van der Waals surface area contributed by atoms with Gasteiger partial charge in [-0.2, -0.15) is 0 Å². The lowest BCUT2D eigenvalue weighted by Crippen LogP contribution is -2.26. The van der Waals surface area contributed by atoms with Crippen LogP contribution in [0.25, 0.3) is 10.8 Å². The average Bonchev–Trinajstić information content (AvgIpc) is 3.24. The molecule has 0 amide bonds. The third-order valence-electron chi connectivity index (χ3n) is 7.06. The summed E-state index contributed by atoms with van der Waals surface area (Å²) >= 11 is 0. The van der Waals surface area contributed by atoms with Crippen LogP contribution in [0.2, 0.25) is 0 Å². The van der Waals surface area contributed by atoms with E-state index in [-0.39, 0.29) is 11.5 Å². The second-order valence-electron chi connectivity index (χ2n) is 8.91. The monoisotopic (exact) mass is 426 g/mol. The van der Waals surface area contributed by atoms with Gasteiger partial charge < -0.3 is 4.74 Å². The summed E-state index contributed by atoms with van der Waals surface area (Å²) < 4.78 is 6.66. The molecule has 0 aromatic heterocycles. The molecule has 0 bridgehead atoms. The lowest BCUT2D eigenvalue weighted by Gasteiger charge is -2.32. The van der Waals surface area contributed by atoms with E-state index in [0.717, 1.165) is 6.42 Å². The lowest BCUT2D eigenvalue weighted by molar-refractivity contribution is 0.0353. The first-order chi connectivity index (χ1) is 16.3. The van der Waals surface area contributed by atoms with Crippen LogP contribution in [0.15, 0.2) is 127 Å². The third kappa shape index (κ3) is 3.46. The number of rotatable bonds is 5. The van der Waals surface area contributed by atoms with Crippen molar-refractivity contribution < 1.29 is 4.74 Å². The van der Waals surface area contributed by atoms with Crippen molar-refractivity contribution in [3.8, 4) is 0 Å². The van der Waals surface area contributed by atoms with E-state index in [4.69, 9.17) is 4.74 Å². The summed E-state index contributed by atoms with van der Waals surface area (Å²) in [6.07, 6.45) is 0.932. The highest BCUT2D eigenvalue weighted by Gasteiger charge is 2.46. The summed E-state index contributed by atoms with van der Waals surface area (Å²) in [4.78, 5) is 0. The Morgan fingerprint density at radius 1 is 0.606 bits per heavy atom. The molecule has 0 fully saturated rings. The molecule has 33 heavy (non-hydrogen) atoms. The van der Waals surface area contributed by atoms with Crippen molar-refractivity contribution in [2.24, 2.45) is 0 Å². The van der Waals surface area contributed by atoms with Crippen molar-refractivity contribution in [2.75, 3.05) is 0 Å². The molecule has 1 aliphatic carbocycles. The number of fused-ring (bicyclic) bond motifs is 2. The Hall–Kier alpha value is -3.68. The summed E-state index contributed by atoms with van der Waals surface area (Å²) in [5, 5.41) is 2.52. The highest BCUT2D eigenvalue weighted by atomic mass is 16.5. The van der Waals surface area contributed by atoms with E-state index in [9.17, 15) is 0 Å². The predicted molar refractivity (Wildman–Crippen MR) is 135 cm³/mol. The first kappa shape index (κ1) is 20.0. The van der Waals surface area contributed by atoms with Gasteiger partial charge in [0.05, 0.1) is 12.7 Å². The van der Waals surface area contributed by atoms with Gasteiger partial charge in [0.25, 0.3) is 0 Å². The van der Waals surface area contributed by atoms with E-state index in [1.165, 1.54) is 38.6 Å². The minimum absolute atomic E-state index is 0.0353. The Balaban J connectivity index is 1.39. The Kier molecular flexibility index (Phi) is 5.05. The highest BCUT2D eigenvalue weighted by molar-refractivity contribution is 5.82. The molecule has 1 unspecified atom stereocenters. The summed E-state index contributed by atoms with van der Waals surface area (Å²) in [5.41, 5.74) is 6.29. The molecule has 1 aliphatic rings. The van der Waals surface area contributed by atoms with Crippen LogP contribution in [0.1, 0.15) is 40.3 Å². The van der Waals surface area contributed by atoms with E-state index in [1.54, 1.807) is 0 Å². The fourth-order valence-electron chi connectivity index (χ4n) is 5.50. The van der Waals surface area contributed by atoms with Crippen LogP contribution in [-0.2, 0) is 16.8 Å². The topological polar surface area (TPSA) is 9.23 Å². The average molecular weight is 427 g/mol. The van der Waals surface area contributed by atoms with Gasteiger partial charge in [0.1, 0.15) is 0 Å². The number of hydrogen-bond acceptors (Lipinski definition) is 1. The van der Waals surface area contributed by atoms with Gasteiger partial charge in [-0.3, -0.25) is 0 Å². The van der Waals surface area contributed by atoms with Gasteiger partial charge in [0.2, 0.25) is 0 Å². The SMILES string of the molecule is c1ccc(C2(c3ccccc3)CC(OCc3ccc4ccccc4c3)c3ccccc32)cc1. The predicted octanol–water partition coefficient (Wildman–Crippen LogP) is 7.84. The summed E-state index contributed by atoms with van der Waals surface area (Å²) in [6, 6.07) is 45.7. The first-order valence-corrected chi connectivity index (χ1v) is 11.6. The minimum Gasteiger partial charge on any atom is -0.369 e. The maximum atomic E-state index is 6.66. The van der Waals surface area contributed by atoms with Gasteiger partial charge in [-0.1, -0.05) is 121 Å². The van der Waals surface area contributed by atoms with Crippen molar-refractivity contribution in [2.45, 2.75) is 24.5 Å². The molecular weight excluding hydrogens is 400 g/mol. The van der Waals surface area contributed by atoms with Gasteiger partial charge >= 0.3 is 0 Å². The van der Waals surface area contributed by atoms with Gasteiger partial charge in [-0.25, -0.2) is 0 Å². The molecule has 1 atom stereocenters. The van der Waals surface area contributed by atoms with Gasteiger partial charge in [-0.15, -0.1) is 0 Å². The van der Waals surface area contributed by atoms with Crippen LogP contribution < -0.4 is 0 Å². The molecule has 0 radical (unpaired) electrons. The van der Waals surface area contributed by atoms with Crippen molar-refractivity contribution in [3.63, 3.8) is 0 Å². The molecule has 0 aliphatic heterocycles. The quantitative estimate of drug-likeness (QED) is 0.278. The van der Waals surface area contributed by atoms with Crippen LogP contribution in [0, 0.1) is 0 Å². The van der Waals surface area contributed by atoms with E-state index in [1.807, 2.05) is 0 Å². The Labute approximate surface area is 195 Å². The van der Waals surface area contributed by atoms with Gasteiger partial charge in [-0.05, 0) is 51.1 Å². The molecule has 0 heterocycles. The fourth-order valence-corrected chi connectivity index (χ4v) is 5.50. The lowest BCUT2D eigenvalue weighted by atomic mass is 9.70. The standard InChI is InChI=1S/C32H26O/c1-3-13-27(14-4-1)32(28-15-5-2-6-16-28)22-31(29-17-9-10-18-30(29)32)33-23-24-19-20-25-11-7-8-12-26(25)21-24/h1-21,31H,22-23H2. The number of ether oxygens (including phenoxy) is 1. The normalized spacial score (nSPS) is 16.5. The molecule has 5 aromatic rings. The van der Waals surface area contributed by atoms with Crippen molar-refractivity contribution >= 4 is 10.8 Å². The van der Waals surface area contributed by atoms with Crippen LogP contribution in [0.4, 0.5) is 0 Å². The maximum Gasteiger partial charge on any atom is 0.0847 e. The van der Waals surface area contributed by atoms with Gasteiger partial charge in [0, 0.05) is 5.41 Å². The van der Waals surface area contributed by atoms with Crippen molar-refractivity contribution in [1.29, 1.82) is 0 Å². The Morgan fingerprint density at radius 2 is 1.21 bits per heavy atom. The summed E-state index contributed by atoms with van der Waals surface area (Å²) in [5.74, 6) is 0. The van der Waals surface area contributed by atoms with Crippen molar-refractivity contribution in [3.05, 3.63) is 155 Å². The zero-order valence-electron chi connectivity index (χ0n) is 18.5. The zero-order chi connectivity index (χ0) is 22.1. The molecule has 0 saturated heterocycles. The smallest absolute Gasteiger partial charge is 0.0847 e. The van der Waals surface area contributed by atoms with Crippen molar-refractivity contribution in [1.82, 2.24) is 0 Å². The van der Waals surface area contributed by atoms with Crippen LogP contribution >= 0.6 is 0 Å². The van der Waals surface area contributed by atoms with Crippen LogP contribution in [0.3, 0.4) is 0 Å². The van der Waals surface area contributed by atoms with E-state index in [0.29, 0.717) is 6.61 Å². The molecule has 0 spiro atoms. The first-order valence-electron chi connectivity index (χ1n) is 11.6. The number of benzene rings is 5. The Bertz CT molecular complexity index is 1350.